The van der Waals surface area contributed by atoms with Gasteiger partial charge in [-0.2, -0.15) is 0 Å². The average Bonchev–Trinajstić information content (AvgIpc) is 2.72. The summed E-state index contributed by atoms with van der Waals surface area (Å²) in [6.07, 6.45) is 0.906. The Kier molecular flexibility index (Phi) is 3.58. The number of hydrogen-bond acceptors (Lipinski definition) is 5. The first-order chi connectivity index (χ1) is 9.85. The molecule has 5 nitrogen and oxygen atoms in total. The van der Waals surface area contributed by atoms with Crippen LogP contribution in [0.2, 0.25) is 0 Å². The lowest BCUT2D eigenvalue weighted by atomic mass is 10.2. The third kappa shape index (κ3) is 2.77. The van der Waals surface area contributed by atoms with Crippen molar-refractivity contribution >= 4 is 17.3 Å². The maximum Gasteiger partial charge on any atom is 0.163 e. The first kappa shape index (κ1) is 12.6. The zero-order valence-electron chi connectivity index (χ0n) is 11.3. The van der Waals surface area contributed by atoms with Gasteiger partial charge in [-0.3, -0.25) is 0 Å². The van der Waals surface area contributed by atoms with E-state index in [1.807, 2.05) is 43.4 Å². The van der Waals surface area contributed by atoms with Gasteiger partial charge < -0.3 is 20.1 Å². The topological polar surface area (TPSA) is 55.4 Å². The largest absolute Gasteiger partial charge is 0.490 e. The van der Waals surface area contributed by atoms with E-state index in [1.54, 1.807) is 0 Å². The van der Waals surface area contributed by atoms with E-state index in [4.69, 9.17) is 9.47 Å². The van der Waals surface area contributed by atoms with Crippen molar-refractivity contribution < 1.29 is 9.47 Å². The summed E-state index contributed by atoms with van der Waals surface area (Å²) in [6.45, 7) is 1.38. The number of ether oxygens (including phenoxy) is 2. The minimum absolute atomic E-state index is 0.684. The van der Waals surface area contributed by atoms with Gasteiger partial charge in [-0.05, 0) is 24.3 Å². The normalized spacial score (nSPS) is 13.4. The van der Waals surface area contributed by atoms with E-state index in [2.05, 4.69) is 15.6 Å². The first-order valence-electron chi connectivity index (χ1n) is 6.66. The SMILES string of the molecule is CNc1cccc(Nc2ccc3c(c2)OCCCO3)n1. The third-order valence-corrected chi connectivity index (χ3v) is 3.03. The van der Waals surface area contributed by atoms with Gasteiger partial charge in [-0.1, -0.05) is 6.07 Å². The number of anilines is 3. The highest BCUT2D eigenvalue weighted by atomic mass is 16.5. The van der Waals surface area contributed by atoms with Crippen LogP contribution in [-0.2, 0) is 0 Å². The standard InChI is InChI=1S/C15H17N3O2/c1-16-14-4-2-5-15(18-14)17-11-6-7-12-13(10-11)20-9-3-8-19-12/h2,4-7,10H,3,8-9H2,1H3,(H2,16,17,18). The Morgan fingerprint density at radius 1 is 1.00 bits per heavy atom. The molecule has 1 aromatic carbocycles. The van der Waals surface area contributed by atoms with Gasteiger partial charge in [0, 0.05) is 25.2 Å². The Morgan fingerprint density at radius 2 is 1.80 bits per heavy atom. The van der Waals surface area contributed by atoms with Crippen LogP contribution in [0.5, 0.6) is 11.5 Å². The Labute approximate surface area is 117 Å². The molecule has 0 saturated heterocycles. The van der Waals surface area contributed by atoms with E-state index in [0.29, 0.717) is 13.2 Å². The number of fused-ring (bicyclic) bond motifs is 1. The summed E-state index contributed by atoms with van der Waals surface area (Å²) in [5, 5.41) is 6.28. The van der Waals surface area contributed by atoms with Gasteiger partial charge in [0.25, 0.3) is 0 Å². The van der Waals surface area contributed by atoms with Gasteiger partial charge in [0.15, 0.2) is 11.5 Å². The highest BCUT2D eigenvalue weighted by Crippen LogP contribution is 2.33. The number of benzene rings is 1. The maximum atomic E-state index is 5.67. The summed E-state index contributed by atoms with van der Waals surface area (Å²) in [7, 11) is 1.85. The van der Waals surface area contributed by atoms with Crippen LogP contribution in [0, 0.1) is 0 Å². The number of rotatable bonds is 3. The van der Waals surface area contributed by atoms with Gasteiger partial charge >= 0.3 is 0 Å². The van der Waals surface area contributed by atoms with E-state index in [1.165, 1.54) is 0 Å². The van der Waals surface area contributed by atoms with Crippen LogP contribution in [0.15, 0.2) is 36.4 Å². The van der Waals surface area contributed by atoms with Gasteiger partial charge in [0.05, 0.1) is 13.2 Å². The summed E-state index contributed by atoms with van der Waals surface area (Å²) >= 11 is 0. The van der Waals surface area contributed by atoms with Crippen molar-refractivity contribution in [1.29, 1.82) is 0 Å². The Balaban J connectivity index is 1.82. The van der Waals surface area contributed by atoms with Crippen molar-refractivity contribution in [3.05, 3.63) is 36.4 Å². The number of pyridine rings is 1. The van der Waals surface area contributed by atoms with E-state index < -0.39 is 0 Å². The number of aromatic nitrogens is 1. The molecule has 3 rings (SSSR count). The molecule has 0 atom stereocenters. The molecule has 0 aliphatic carbocycles. The molecular weight excluding hydrogens is 254 g/mol. The maximum absolute atomic E-state index is 5.67. The van der Waals surface area contributed by atoms with Crippen LogP contribution in [0.3, 0.4) is 0 Å². The molecule has 0 radical (unpaired) electrons. The molecule has 0 fully saturated rings. The summed E-state index contributed by atoms with van der Waals surface area (Å²) in [5.41, 5.74) is 0.926. The number of nitrogens with one attached hydrogen (secondary N) is 2. The molecular formula is C15H17N3O2. The highest BCUT2D eigenvalue weighted by molar-refractivity contribution is 5.62. The van der Waals surface area contributed by atoms with Crippen LogP contribution in [0.4, 0.5) is 17.3 Å². The first-order valence-corrected chi connectivity index (χ1v) is 6.66. The molecule has 2 heterocycles. The zero-order valence-corrected chi connectivity index (χ0v) is 11.3. The monoisotopic (exact) mass is 271 g/mol. The van der Waals surface area contributed by atoms with E-state index in [-0.39, 0.29) is 0 Å². The van der Waals surface area contributed by atoms with Crippen molar-refractivity contribution in [1.82, 2.24) is 4.98 Å². The molecule has 5 heteroatoms. The Hall–Kier alpha value is -2.43. The van der Waals surface area contributed by atoms with E-state index in [0.717, 1.165) is 35.2 Å². The molecule has 0 amide bonds. The number of hydrogen-bond donors (Lipinski definition) is 2. The summed E-state index contributed by atoms with van der Waals surface area (Å²) in [4.78, 5) is 4.42. The van der Waals surface area contributed by atoms with Crippen LogP contribution in [-0.4, -0.2) is 25.2 Å². The van der Waals surface area contributed by atoms with Crippen LogP contribution < -0.4 is 20.1 Å². The average molecular weight is 271 g/mol. The highest BCUT2D eigenvalue weighted by Gasteiger charge is 2.10. The number of nitrogens with zero attached hydrogens (tertiary/aromatic N) is 1. The van der Waals surface area contributed by atoms with Crippen molar-refractivity contribution in [2.45, 2.75) is 6.42 Å². The molecule has 0 spiro atoms. The Bertz CT molecular complexity index is 601. The van der Waals surface area contributed by atoms with E-state index >= 15 is 0 Å². The van der Waals surface area contributed by atoms with Crippen LogP contribution in [0.1, 0.15) is 6.42 Å². The lowest BCUT2D eigenvalue weighted by molar-refractivity contribution is 0.297. The van der Waals surface area contributed by atoms with Crippen molar-refractivity contribution in [3.8, 4) is 11.5 Å². The van der Waals surface area contributed by atoms with Crippen molar-refractivity contribution in [3.63, 3.8) is 0 Å². The predicted molar refractivity (Wildman–Crippen MR) is 79.1 cm³/mol. The molecule has 0 bridgehead atoms. The quantitative estimate of drug-likeness (QED) is 0.898. The summed E-state index contributed by atoms with van der Waals surface area (Å²) in [6, 6.07) is 11.6. The second-order valence-electron chi connectivity index (χ2n) is 4.50. The fourth-order valence-corrected chi connectivity index (χ4v) is 2.03. The molecule has 104 valence electrons. The lowest BCUT2D eigenvalue weighted by Crippen LogP contribution is -1.98. The minimum atomic E-state index is 0.684. The van der Waals surface area contributed by atoms with E-state index in [9.17, 15) is 0 Å². The molecule has 0 saturated carbocycles. The predicted octanol–water partition coefficient (Wildman–Crippen LogP) is 3.03. The fourth-order valence-electron chi connectivity index (χ4n) is 2.03. The van der Waals surface area contributed by atoms with Crippen LogP contribution in [0.25, 0.3) is 0 Å². The minimum Gasteiger partial charge on any atom is -0.490 e. The Morgan fingerprint density at radius 3 is 2.65 bits per heavy atom. The van der Waals surface area contributed by atoms with Crippen molar-refractivity contribution in [2.24, 2.45) is 0 Å². The molecule has 20 heavy (non-hydrogen) atoms. The van der Waals surface area contributed by atoms with Gasteiger partial charge in [0.1, 0.15) is 11.6 Å². The van der Waals surface area contributed by atoms with Gasteiger partial charge in [-0.15, -0.1) is 0 Å². The third-order valence-electron chi connectivity index (χ3n) is 3.03. The molecule has 1 aliphatic heterocycles. The lowest BCUT2D eigenvalue weighted by Gasteiger charge is -2.11. The molecule has 1 aliphatic rings. The second-order valence-corrected chi connectivity index (χ2v) is 4.50. The van der Waals surface area contributed by atoms with Crippen molar-refractivity contribution in [2.75, 3.05) is 30.9 Å². The molecule has 2 aromatic rings. The molecule has 0 unspecified atom stereocenters. The fraction of sp³-hybridized carbons (Fsp3) is 0.267. The zero-order chi connectivity index (χ0) is 13.8. The molecule has 2 N–H and O–H groups in total. The summed E-state index contributed by atoms with van der Waals surface area (Å²) in [5.74, 6) is 3.18. The second kappa shape index (κ2) is 5.69. The van der Waals surface area contributed by atoms with Gasteiger partial charge in [-0.25, -0.2) is 4.98 Å². The van der Waals surface area contributed by atoms with Gasteiger partial charge in [0.2, 0.25) is 0 Å². The molecule has 1 aromatic heterocycles. The smallest absolute Gasteiger partial charge is 0.163 e. The summed E-state index contributed by atoms with van der Waals surface area (Å²) < 4.78 is 11.3. The van der Waals surface area contributed by atoms with Crippen LogP contribution >= 0.6 is 0 Å².